The smallest absolute Gasteiger partial charge is 0.410 e. The van der Waals surface area contributed by atoms with Crippen LogP contribution in [0.1, 0.15) is 59.2 Å². The molecule has 3 aromatic rings. The Morgan fingerprint density at radius 1 is 0.938 bits per heavy atom. The van der Waals surface area contributed by atoms with Crippen molar-refractivity contribution in [2.45, 2.75) is 59.0 Å². The maximum atomic E-state index is 12.4. The van der Waals surface area contributed by atoms with Gasteiger partial charge in [0.25, 0.3) is 0 Å². The Kier molecular flexibility index (Phi) is 7.67. The lowest BCUT2D eigenvalue weighted by atomic mass is 9.96. The lowest BCUT2D eigenvalue weighted by molar-refractivity contribution is 0.0203. The van der Waals surface area contributed by atoms with Gasteiger partial charge in [-0.2, -0.15) is 5.10 Å². The molecule has 0 spiro atoms. The summed E-state index contributed by atoms with van der Waals surface area (Å²) in [5.74, 6) is 1.89. The van der Waals surface area contributed by atoms with E-state index in [-0.39, 0.29) is 12.0 Å². The molecule has 0 saturated carbocycles. The molecule has 0 atom stereocenters. The van der Waals surface area contributed by atoms with Crippen LogP contribution in [0.15, 0.2) is 60.7 Å². The molecule has 1 fully saturated rings. The molecule has 0 radical (unpaired) electrons. The predicted octanol–water partition coefficient (Wildman–Crippen LogP) is 6.08. The Hall–Kier alpha value is -3.15. The Morgan fingerprint density at radius 3 is 2.06 bits per heavy atom. The number of amides is 1. The van der Waals surface area contributed by atoms with E-state index in [4.69, 9.17) is 14.8 Å². The Labute approximate surface area is 191 Å². The van der Waals surface area contributed by atoms with Gasteiger partial charge in [0.2, 0.25) is 0 Å². The van der Waals surface area contributed by atoms with Crippen LogP contribution in [0.2, 0.25) is 0 Å². The van der Waals surface area contributed by atoms with Crippen LogP contribution in [-0.4, -0.2) is 44.4 Å². The van der Waals surface area contributed by atoms with E-state index >= 15 is 0 Å². The molecule has 0 N–H and O–H groups in total. The quantitative estimate of drug-likeness (QED) is 0.502. The van der Waals surface area contributed by atoms with E-state index in [1.165, 1.54) is 0 Å². The van der Waals surface area contributed by atoms with E-state index in [1.54, 1.807) is 4.90 Å². The summed E-state index contributed by atoms with van der Waals surface area (Å²) in [6, 6.07) is 20.2. The second-order valence-corrected chi connectivity index (χ2v) is 8.65. The lowest BCUT2D eigenvalue weighted by Crippen LogP contribution is -2.41. The van der Waals surface area contributed by atoms with Gasteiger partial charge in [0.1, 0.15) is 5.60 Å². The van der Waals surface area contributed by atoms with Crippen molar-refractivity contribution < 1.29 is 9.53 Å². The molecule has 1 aliphatic heterocycles. The first-order valence-corrected chi connectivity index (χ1v) is 11.5. The summed E-state index contributed by atoms with van der Waals surface area (Å²) in [4.78, 5) is 19.1. The Morgan fingerprint density at radius 2 is 1.50 bits per heavy atom. The normalized spacial score (nSPS) is 14.5. The van der Waals surface area contributed by atoms with Crippen LogP contribution < -0.4 is 0 Å². The van der Waals surface area contributed by atoms with Gasteiger partial charge in [0.05, 0.1) is 5.69 Å². The summed E-state index contributed by atoms with van der Waals surface area (Å²) in [7, 11) is 0. The van der Waals surface area contributed by atoms with Gasteiger partial charge < -0.3 is 9.64 Å². The van der Waals surface area contributed by atoms with Crippen molar-refractivity contribution in [1.82, 2.24) is 19.7 Å². The maximum absolute atomic E-state index is 12.4. The van der Waals surface area contributed by atoms with Crippen molar-refractivity contribution in [3.8, 4) is 17.1 Å². The largest absolute Gasteiger partial charge is 0.444 e. The lowest BCUT2D eigenvalue weighted by Gasteiger charge is -2.32. The first kappa shape index (κ1) is 23.5. The Balaban J connectivity index is 0.00000141. The molecular weight excluding hydrogens is 400 g/mol. The number of nitrogens with zero attached hydrogens (tertiary/aromatic N) is 4. The van der Waals surface area contributed by atoms with E-state index in [9.17, 15) is 4.79 Å². The third kappa shape index (κ3) is 5.75. The average molecular weight is 435 g/mol. The van der Waals surface area contributed by atoms with E-state index in [0.29, 0.717) is 13.1 Å². The molecule has 6 nitrogen and oxygen atoms in total. The van der Waals surface area contributed by atoms with Gasteiger partial charge in [-0.25, -0.2) is 14.5 Å². The molecule has 0 aliphatic carbocycles. The topological polar surface area (TPSA) is 60.2 Å². The molecule has 1 amide bonds. The highest BCUT2D eigenvalue weighted by Crippen LogP contribution is 2.30. The molecule has 4 rings (SSSR count). The van der Waals surface area contributed by atoms with Crippen LogP contribution >= 0.6 is 0 Å². The number of hydrogen-bond acceptors (Lipinski definition) is 4. The van der Waals surface area contributed by atoms with Crippen LogP contribution in [0.3, 0.4) is 0 Å². The fourth-order valence-electron chi connectivity index (χ4n) is 3.67. The number of piperidine rings is 1. The number of likely N-dealkylation sites (tertiary alicyclic amines) is 1. The van der Waals surface area contributed by atoms with Crippen molar-refractivity contribution in [2.75, 3.05) is 13.1 Å². The number of rotatable bonds is 3. The SMILES string of the molecule is CC.CC(C)(C)OC(=O)N1CCC(c2nc(-c3ccccc3)n(-c3ccccc3)n2)CC1. The standard InChI is InChI=1S/C24H28N4O2.C2H6/c1-24(2,3)30-23(29)27-16-14-18(15-17-27)21-25-22(19-10-6-4-7-11-19)28(26-21)20-12-8-5-9-13-20;1-2/h4-13,18H,14-17H2,1-3H3;1-2H3. The summed E-state index contributed by atoms with van der Waals surface area (Å²) < 4.78 is 7.43. The fourth-order valence-corrected chi connectivity index (χ4v) is 3.67. The summed E-state index contributed by atoms with van der Waals surface area (Å²) in [6.45, 7) is 11.0. The van der Waals surface area contributed by atoms with Gasteiger partial charge >= 0.3 is 6.09 Å². The van der Waals surface area contributed by atoms with Gasteiger partial charge in [0.15, 0.2) is 11.6 Å². The average Bonchev–Trinajstić information content (AvgIpc) is 3.26. The molecule has 0 bridgehead atoms. The van der Waals surface area contributed by atoms with Crippen molar-refractivity contribution >= 4 is 6.09 Å². The van der Waals surface area contributed by atoms with Gasteiger partial charge in [0, 0.05) is 24.6 Å². The summed E-state index contributed by atoms with van der Waals surface area (Å²) in [5.41, 5.74) is 1.54. The molecule has 6 heteroatoms. The second-order valence-electron chi connectivity index (χ2n) is 8.65. The molecule has 0 unspecified atom stereocenters. The number of ether oxygens (including phenoxy) is 1. The van der Waals surface area contributed by atoms with Crippen molar-refractivity contribution in [3.63, 3.8) is 0 Å². The van der Waals surface area contributed by atoms with Crippen LogP contribution in [0.4, 0.5) is 4.79 Å². The van der Waals surface area contributed by atoms with Gasteiger partial charge in [-0.3, -0.25) is 0 Å². The number of benzene rings is 2. The molecule has 1 aliphatic rings. The molecule has 170 valence electrons. The first-order valence-electron chi connectivity index (χ1n) is 11.5. The number of carbonyl (C=O) groups is 1. The van der Waals surface area contributed by atoms with Crippen LogP contribution in [0, 0.1) is 0 Å². The Bertz CT molecular complexity index is 929. The monoisotopic (exact) mass is 434 g/mol. The first-order chi connectivity index (χ1) is 15.4. The van der Waals surface area contributed by atoms with E-state index in [2.05, 4.69) is 12.1 Å². The summed E-state index contributed by atoms with van der Waals surface area (Å²) >= 11 is 0. The van der Waals surface area contributed by atoms with E-state index in [0.717, 1.165) is 35.7 Å². The molecule has 1 aromatic heterocycles. The highest BCUT2D eigenvalue weighted by atomic mass is 16.6. The zero-order valence-corrected chi connectivity index (χ0v) is 19.8. The fraction of sp³-hybridized carbons (Fsp3) is 0.423. The van der Waals surface area contributed by atoms with Crippen LogP contribution in [0.5, 0.6) is 0 Å². The van der Waals surface area contributed by atoms with Gasteiger partial charge in [-0.15, -0.1) is 0 Å². The number of para-hydroxylation sites is 1. The van der Waals surface area contributed by atoms with Gasteiger partial charge in [-0.05, 0) is 45.7 Å². The third-order valence-corrected chi connectivity index (χ3v) is 5.17. The van der Waals surface area contributed by atoms with Crippen LogP contribution in [0.25, 0.3) is 17.1 Å². The second kappa shape index (κ2) is 10.4. The summed E-state index contributed by atoms with van der Waals surface area (Å²) in [6.07, 6.45) is 1.41. The third-order valence-electron chi connectivity index (χ3n) is 5.17. The molecule has 2 heterocycles. The summed E-state index contributed by atoms with van der Waals surface area (Å²) in [5, 5.41) is 4.88. The van der Waals surface area contributed by atoms with E-state index < -0.39 is 5.60 Å². The highest BCUT2D eigenvalue weighted by molar-refractivity contribution is 5.68. The van der Waals surface area contributed by atoms with Crippen molar-refractivity contribution in [2.24, 2.45) is 0 Å². The van der Waals surface area contributed by atoms with E-state index in [1.807, 2.05) is 87.8 Å². The number of carbonyl (C=O) groups excluding carboxylic acids is 1. The minimum atomic E-state index is -0.478. The molecular formula is C26H34N4O2. The molecule has 32 heavy (non-hydrogen) atoms. The predicted molar refractivity (Wildman–Crippen MR) is 128 cm³/mol. The number of aromatic nitrogens is 3. The van der Waals surface area contributed by atoms with Crippen molar-refractivity contribution in [1.29, 1.82) is 0 Å². The molecule has 2 aromatic carbocycles. The number of hydrogen-bond donors (Lipinski definition) is 0. The minimum Gasteiger partial charge on any atom is -0.444 e. The zero-order chi connectivity index (χ0) is 23.1. The highest BCUT2D eigenvalue weighted by Gasteiger charge is 2.30. The zero-order valence-electron chi connectivity index (χ0n) is 19.8. The van der Waals surface area contributed by atoms with Gasteiger partial charge in [-0.1, -0.05) is 62.4 Å². The molecule has 1 saturated heterocycles. The minimum absolute atomic E-state index is 0.219. The maximum Gasteiger partial charge on any atom is 0.410 e. The van der Waals surface area contributed by atoms with Crippen molar-refractivity contribution in [3.05, 3.63) is 66.5 Å². The van der Waals surface area contributed by atoms with Crippen LogP contribution in [-0.2, 0) is 4.74 Å².